The van der Waals surface area contributed by atoms with E-state index in [-0.39, 0.29) is 11.7 Å². The molecule has 15 heavy (non-hydrogen) atoms. The summed E-state index contributed by atoms with van der Waals surface area (Å²) in [4.78, 5) is 17.4. The van der Waals surface area contributed by atoms with Crippen molar-refractivity contribution >= 4 is 16.7 Å². The maximum Gasteiger partial charge on any atom is 0.293 e. The summed E-state index contributed by atoms with van der Waals surface area (Å²) in [6, 6.07) is 0. The molecule has 1 N–H and O–H groups in total. The number of carbonyl (C=O) groups is 1. The molecule has 6 nitrogen and oxygen atoms in total. The number of aryl methyl sites for hydroxylation is 1. The second-order valence-electron chi connectivity index (χ2n) is 3.38. The average Bonchev–Trinajstić information content (AvgIpc) is 2.65. The summed E-state index contributed by atoms with van der Waals surface area (Å²) in [6.07, 6.45) is 0. The number of rotatable bonds is 1. The van der Waals surface area contributed by atoms with Gasteiger partial charge in [0.25, 0.3) is 5.91 Å². The first-order chi connectivity index (χ1) is 7.16. The van der Waals surface area contributed by atoms with E-state index in [0.717, 1.165) is 0 Å². The van der Waals surface area contributed by atoms with Crippen LogP contribution in [0.4, 0.5) is 0 Å². The number of aromatic nitrogens is 3. The molecule has 7 heteroatoms. The van der Waals surface area contributed by atoms with Gasteiger partial charge in [-0.05, 0) is 6.92 Å². The summed E-state index contributed by atoms with van der Waals surface area (Å²) in [5, 5.41) is 6.44. The van der Waals surface area contributed by atoms with Gasteiger partial charge >= 0.3 is 0 Å². The Labute approximate surface area is 89.5 Å². The SMILES string of the molecule is Cc1nc(C(=O)N2CCS(=O)CC2)n[nH]1. The number of nitrogens with zero attached hydrogens (tertiary/aromatic N) is 3. The molecule has 1 aromatic heterocycles. The Hall–Kier alpha value is -1.24. The van der Waals surface area contributed by atoms with E-state index in [1.807, 2.05) is 0 Å². The highest BCUT2D eigenvalue weighted by Crippen LogP contribution is 2.04. The zero-order chi connectivity index (χ0) is 10.8. The predicted octanol–water partition coefficient (Wildman–Crippen LogP) is -0.682. The van der Waals surface area contributed by atoms with Crippen molar-refractivity contribution in [2.75, 3.05) is 24.6 Å². The van der Waals surface area contributed by atoms with Crippen LogP contribution in [0.5, 0.6) is 0 Å². The van der Waals surface area contributed by atoms with Crippen LogP contribution in [0.2, 0.25) is 0 Å². The zero-order valence-corrected chi connectivity index (χ0v) is 9.21. The highest BCUT2D eigenvalue weighted by molar-refractivity contribution is 7.85. The van der Waals surface area contributed by atoms with Gasteiger partial charge in [0.05, 0.1) is 0 Å². The van der Waals surface area contributed by atoms with Crippen LogP contribution in [0.3, 0.4) is 0 Å². The third-order valence-electron chi connectivity index (χ3n) is 2.25. The van der Waals surface area contributed by atoms with E-state index in [1.165, 1.54) is 0 Å². The Morgan fingerprint density at radius 2 is 2.13 bits per heavy atom. The highest BCUT2D eigenvalue weighted by atomic mass is 32.2. The second-order valence-corrected chi connectivity index (χ2v) is 5.08. The maximum atomic E-state index is 11.8. The van der Waals surface area contributed by atoms with Crippen molar-refractivity contribution in [1.82, 2.24) is 20.1 Å². The fraction of sp³-hybridized carbons (Fsp3) is 0.625. The number of hydrogen-bond donors (Lipinski definition) is 1. The Bertz CT molecular complexity index is 393. The summed E-state index contributed by atoms with van der Waals surface area (Å²) in [6.45, 7) is 2.80. The quantitative estimate of drug-likeness (QED) is 0.690. The fourth-order valence-electron chi connectivity index (χ4n) is 1.42. The van der Waals surface area contributed by atoms with Gasteiger partial charge in [0, 0.05) is 35.4 Å². The summed E-state index contributed by atoms with van der Waals surface area (Å²) in [7, 11) is -0.771. The smallest absolute Gasteiger partial charge is 0.293 e. The van der Waals surface area contributed by atoms with E-state index < -0.39 is 10.8 Å². The fourth-order valence-corrected chi connectivity index (χ4v) is 2.47. The van der Waals surface area contributed by atoms with Crippen LogP contribution in [0.1, 0.15) is 16.4 Å². The van der Waals surface area contributed by atoms with Crippen LogP contribution < -0.4 is 0 Å². The molecular weight excluding hydrogens is 216 g/mol. The van der Waals surface area contributed by atoms with E-state index in [0.29, 0.717) is 30.4 Å². The summed E-state index contributed by atoms with van der Waals surface area (Å²) < 4.78 is 11.1. The van der Waals surface area contributed by atoms with Gasteiger partial charge in [-0.3, -0.25) is 14.1 Å². The Morgan fingerprint density at radius 1 is 1.47 bits per heavy atom. The average molecular weight is 228 g/mol. The molecule has 0 bridgehead atoms. The van der Waals surface area contributed by atoms with Crippen LogP contribution in [-0.2, 0) is 10.8 Å². The normalized spacial score (nSPS) is 18.1. The van der Waals surface area contributed by atoms with Crippen molar-refractivity contribution in [2.45, 2.75) is 6.92 Å². The lowest BCUT2D eigenvalue weighted by atomic mass is 10.4. The molecule has 1 saturated heterocycles. The molecule has 1 fully saturated rings. The number of nitrogens with one attached hydrogen (secondary N) is 1. The number of H-pyrrole nitrogens is 1. The summed E-state index contributed by atoms with van der Waals surface area (Å²) >= 11 is 0. The van der Waals surface area contributed by atoms with Gasteiger partial charge in [-0.25, -0.2) is 4.98 Å². The first kappa shape index (κ1) is 10.3. The number of hydrogen-bond acceptors (Lipinski definition) is 4. The van der Waals surface area contributed by atoms with Gasteiger partial charge in [0.15, 0.2) is 0 Å². The van der Waals surface area contributed by atoms with Crippen LogP contribution in [-0.4, -0.2) is 54.8 Å². The van der Waals surface area contributed by atoms with Crippen molar-refractivity contribution < 1.29 is 9.00 Å². The van der Waals surface area contributed by atoms with E-state index in [4.69, 9.17) is 0 Å². The molecule has 1 aromatic rings. The Kier molecular flexibility index (Phi) is 2.81. The lowest BCUT2D eigenvalue weighted by Crippen LogP contribution is -2.42. The topological polar surface area (TPSA) is 79.0 Å². The molecule has 0 saturated carbocycles. The van der Waals surface area contributed by atoms with Crippen LogP contribution in [0, 0.1) is 6.92 Å². The minimum Gasteiger partial charge on any atom is -0.334 e. The van der Waals surface area contributed by atoms with Gasteiger partial charge in [0.2, 0.25) is 5.82 Å². The van der Waals surface area contributed by atoms with Gasteiger partial charge in [-0.1, -0.05) is 0 Å². The van der Waals surface area contributed by atoms with Gasteiger partial charge in [-0.15, -0.1) is 5.10 Å². The van der Waals surface area contributed by atoms with Gasteiger partial charge in [0.1, 0.15) is 5.82 Å². The number of carbonyl (C=O) groups excluding carboxylic acids is 1. The minimum absolute atomic E-state index is 0.184. The molecule has 1 amide bonds. The van der Waals surface area contributed by atoms with Crippen molar-refractivity contribution in [3.8, 4) is 0 Å². The number of aromatic amines is 1. The molecule has 0 unspecified atom stereocenters. The predicted molar refractivity (Wildman–Crippen MR) is 54.9 cm³/mol. The molecule has 0 aliphatic carbocycles. The summed E-state index contributed by atoms with van der Waals surface area (Å²) in [5.74, 6) is 1.74. The molecule has 82 valence electrons. The molecule has 0 aromatic carbocycles. The molecule has 1 aliphatic rings. The maximum absolute atomic E-state index is 11.8. The molecule has 0 radical (unpaired) electrons. The molecule has 1 aliphatic heterocycles. The van der Waals surface area contributed by atoms with Gasteiger partial charge in [-0.2, -0.15) is 0 Å². The number of amides is 1. The van der Waals surface area contributed by atoms with E-state index in [9.17, 15) is 9.00 Å². The van der Waals surface area contributed by atoms with Crippen molar-refractivity contribution in [3.63, 3.8) is 0 Å². The molecular formula is C8H12N4O2S. The minimum atomic E-state index is -0.771. The molecule has 0 spiro atoms. The van der Waals surface area contributed by atoms with Crippen molar-refractivity contribution in [1.29, 1.82) is 0 Å². The van der Waals surface area contributed by atoms with E-state index in [1.54, 1.807) is 11.8 Å². The lowest BCUT2D eigenvalue weighted by molar-refractivity contribution is 0.0759. The molecule has 2 heterocycles. The Balaban J connectivity index is 2.05. The highest BCUT2D eigenvalue weighted by Gasteiger charge is 2.23. The van der Waals surface area contributed by atoms with E-state index in [2.05, 4.69) is 15.2 Å². The van der Waals surface area contributed by atoms with E-state index >= 15 is 0 Å². The standard InChI is InChI=1S/C8H12N4O2S/c1-6-9-7(11-10-6)8(13)12-2-4-15(14)5-3-12/h2-5H2,1H3,(H,9,10,11). The van der Waals surface area contributed by atoms with Crippen LogP contribution in [0.15, 0.2) is 0 Å². The second kappa shape index (κ2) is 4.09. The Morgan fingerprint density at radius 3 is 2.67 bits per heavy atom. The molecule has 2 rings (SSSR count). The third-order valence-corrected chi connectivity index (χ3v) is 3.53. The van der Waals surface area contributed by atoms with Crippen molar-refractivity contribution in [2.24, 2.45) is 0 Å². The lowest BCUT2D eigenvalue weighted by Gasteiger charge is -2.24. The molecule has 0 atom stereocenters. The first-order valence-corrected chi connectivity index (χ1v) is 6.19. The third kappa shape index (κ3) is 2.23. The van der Waals surface area contributed by atoms with Crippen molar-refractivity contribution in [3.05, 3.63) is 11.6 Å². The first-order valence-electron chi connectivity index (χ1n) is 4.70. The largest absolute Gasteiger partial charge is 0.334 e. The van der Waals surface area contributed by atoms with Crippen LogP contribution >= 0.6 is 0 Å². The van der Waals surface area contributed by atoms with Crippen LogP contribution in [0.25, 0.3) is 0 Å². The zero-order valence-electron chi connectivity index (χ0n) is 8.39. The monoisotopic (exact) mass is 228 g/mol. The van der Waals surface area contributed by atoms with Gasteiger partial charge < -0.3 is 4.90 Å². The summed E-state index contributed by atoms with van der Waals surface area (Å²) in [5.41, 5.74) is 0.